The molecule has 19 heteroatoms. The molecule has 0 amide bonds. The number of ether oxygens (including phenoxy) is 4. The molecule has 0 spiro atoms. The van der Waals surface area contributed by atoms with Gasteiger partial charge in [0.15, 0.2) is 12.2 Å². The van der Waals surface area contributed by atoms with Gasteiger partial charge in [-0.15, -0.1) is 0 Å². The van der Waals surface area contributed by atoms with Gasteiger partial charge in [-0.3, -0.25) is 37.3 Å². The summed E-state index contributed by atoms with van der Waals surface area (Å²) in [5, 5.41) is 10.7. The number of phosphoric ester groups is 2. The third kappa shape index (κ3) is 74.2. The summed E-state index contributed by atoms with van der Waals surface area (Å²) in [6, 6.07) is 0. The summed E-state index contributed by atoms with van der Waals surface area (Å²) in [4.78, 5) is 73.2. The lowest BCUT2D eigenvalue weighted by molar-refractivity contribution is -0.161. The van der Waals surface area contributed by atoms with Gasteiger partial charge in [0, 0.05) is 25.7 Å². The molecule has 5 unspecified atom stereocenters. The number of aliphatic hydroxyl groups excluding tert-OH is 1. The quantitative estimate of drug-likeness (QED) is 0.0222. The third-order valence-electron chi connectivity index (χ3n) is 21.0. The van der Waals surface area contributed by atoms with Crippen LogP contribution in [0.25, 0.3) is 0 Å². The number of carbonyl (C=O) groups excluding carboxylic acids is 4. The molecule has 104 heavy (non-hydrogen) atoms. The standard InChI is InChI=1S/C85H166O17P2/c1-8-12-13-14-15-16-17-18-19-20-21-22-30-35-40-45-54-61-69-85(90)102-81(73-96-83(88)67-60-53-48-47-51-58-65-78(7)11-4)75-100-104(93,94)98-71-79(86)70-97-103(91,92)99-74-80(101-84(89)68-62-55-46-41-36-31-26-24-28-33-38-43-50-57-64-77(6)10-3)72-95-82(87)66-59-52-44-39-34-29-25-23-27-32-37-42-49-56-63-76(5)9-2/h76-81,86H,8-75H2,1-7H3,(H,91,92)(H,93,94)/t76?,77?,78?,79-,80-,81-/m1/s1. The number of hydrogen-bond donors (Lipinski definition) is 3. The molecule has 0 rings (SSSR count). The van der Waals surface area contributed by atoms with Crippen molar-refractivity contribution in [2.45, 2.75) is 465 Å². The maximum Gasteiger partial charge on any atom is 0.472 e. The number of esters is 4. The van der Waals surface area contributed by atoms with Gasteiger partial charge in [0.2, 0.25) is 0 Å². The molecule has 0 aromatic heterocycles. The Hall–Kier alpha value is -1.94. The molecule has 0 aliphatic rings. The maximum absolute atomic E-state index is 13.1. The van der Waals surface area contributed by atoms with Gasteiger partial charge < -0.3 is 33.8 Å². The van der Waals surface area contributed by atoms with Gasteiger partial charge in [-0.25, -0.2) is 9.13 Å². The van der Waals surface area contributed by atoms with Crippen molar-refractivity contribution >= 4 is 39.5 Å². The van der Waals surface area contributed by atoms with Crippen LogP contribution < -0.4 is 0 Å². The molecule has 0 saturated heterocycles. The van der Waals surface area contributed by atoms with Crippen LogP contribution in [0, 0.1) is 17.8 Å². The third-order valence-corrected chi connectivity index (χ3v) is 22.9. The summed E-state index contributed by atoms with van der Waals surface area (Å²) in [6.07, 6.45) is 65.1. The van der Waals surface area contributed by atoms with Crippen LogP contribution in [-0.2, 0) is 65.4 Å². The molecule has 3 N–H and O–H groups in total. The molecular weight excluding hydrogens is 1350 g/mol. The fourth-order valence-corrected chi connectivity index (χ4v) is 14.7. The monoisotopic (exact) mass is 1520 g/mol. The molecule has 0 fully saturated rings. The normalized spacial score (nSPS) is 14.7. The van der Waals surface area contributed by atoms with Crippen LogP contribution in [0.5, 0.6) is 0 Å². The molecule has 0 bridgehead atoms. The van der Waals surface area contributed by atoms with E-state index in [9.17, 15) is 43.2 Å². The van der Waals surface area contributed by atoms with Gasteiger partial charge >= 0.3 is 39.5 Å². The van der Waals surface area contributed by atoms with Crippen molar-refractivity contribution in [3.8, 4) is 0 Å². The average molecular weight is 1520 g/mol. The van der Waals surface area contributed by atoms with Crippen LogP contribution in [-0.4, -0.2) is 96.7 Å². The molecule has 8 atom stereocenters. The predicted octanol–water partition coefficient (Wildman–Crippen LogP) is 25.7. The Labute approximate surface area is 638 Å². The van der Waals surface area contributed by atoms with E-state index in [1.807, 2.05) is 0 Å². The first-order chi connectivity index (χ1) is 50.3. The minimum atomic E-state index is -4.97. The van der Waals surface area contributed by atoms with Gasteiger partial charge in [0.1, 0.15) is 19.3 Å². The highest BCUT2D eigenvalue weighted by molar-refractivity contribution is 7.47. The molecule has 0 aromatic carbocycles. The fraction of sp³-hybridized carbons (Fsp3) is 0.953. The van der Waals surface area contributed by atoms with Crippen molar-refractivity contribution in [2.24, 2.45) is 17.8 Å². The summed E-state index contributed by atoms with van der Waals surface area (Å²) in [5.74, 6) is 0.320. The van der Waals surface area contributed by atoms with Gasteiger partial charge in [0.25, 0.3) is 0 Å². The number of aliphatic hydroxyl groups is 1. The SMILES string of the molecule is CCCCCCCCCCCCCCCCCCCCC(=O)O[C@H](COC(=O)CCCCCCCCC(C)CC)COP(=O)(O)OC[C@H](O)COP(=O)(O)OC[C@@H](COC(=O)CCCCCCCCCCCCCCCCC(C)CC)OC(=O)CCCCCCCCCCCCCCCCC(C)CC. The first-order valence-electron chi connectivity index (χ1n) is 44.0. The summed E-state index contributed by atoms with van der Waals surface area (Å²) in [7, 11) is -9.93. The van der Waals surface area contributed by atoms with Crippen LogP contribution in [0.3, 0.4) is 0 Å². The lowest BCUT2D eigenvalue weighted by Gasteiger charge is -2.21. The topological polar surface area (TPSA) is 237 Å². The molecule has 0 saturated carbocycles. The zero-order valence-corrected chi connectivity index (χ0v) is 70.3. The lowest BCUT2D eigenvalue weighted by atomic mass is 9.99. The van der Waals surface area contributed by atoms with E-state index in [4.69, 9.17) is 37.0 Å². The van der Waals surface area contributed by atoms with E-state index < -0.39 is 97.5 Å². The molecule has 0 heterocycles. The predicted molar refractivity (Wildman–Crippen MR) is 428 cm³/mol. The van der Waals surface area contributed by atoms with Crippen LogP contribution in [0.1, 0.15) is 447 Å². The summed E-state index contributed by atoms with van der Waals surface area (Å²) in [6.45, 7) is 12.0. The van der Waals surface area contributed by atoms with E-state index in [0.29, 0.717) is 25.7 Å². The highest BCUT2D eigenvalue weighted by Crippen LogP contribution is 2.45. The van der Waals surface area contributed by atoms with Gasteiger partial charge in [-0.2, -0.15) is 0 Å². The Kier molecular flexibility index (Phi) is 73.7. The second-order valence-corrected chi connectivity index (χ2v) is 34.2. The van der Waals surface area contributed by atoms with Crippen molar-refractivity contribution in [1.82, 2.24) is 0 Å². The van der Waals surface area contributed by atoms with E-state index in [2.05, 4.69) is 48.5 Å². The second kappa shape index (κ2) is 75.1. The van der Waals surface area contributed by atoms with Crippen molar-refractivity contribution in [1.29, 1.82) is 0 Å². The Morgan fingerprint density at radius 3 is 0.683 bits per heavy atom. The zero-order chi connectivity index (χ0) is 76.5. The Bertz CT molecular complexity index is 2010. The fourth-order valence-electron chi connectivity index (χ4n) is 13.1. The Balaban J connectivity index is 5.25. The minimum absolute atomic E-state index is 0.108. The van der Waals surface area contributed by atoms with Gasteiger partial charge in [0.05, 0.1) is 26.4 Å². The maximum atomic E-state index is 13.1. The van der Waals surface area contributed by atoms with Crippen molar-refractivity contribution in [3.63, 3.8) is 0 Å². The summed E-state index contributed by atoms with van der Waals surface area (Å²) >= 11 is 0. The van der Waals surface area contributed by atoms with Crippen LogP contribution >= 0.6 is 15.6 Å². The van der Waals surface area contributed by atoms with Crippen LogP contribution in [0.2, 0.25) is 0 Å². The summed E-state index contributed by atoms with van der Waals surface area (Å²) in [5.41, 5.74) is 0. The van der Waals surface area contributed by atoms with E-state index in [1.54, 1.807) is 0 Å². The largest absolute Gasteiger partial charge is 0.472 e. The number of carbonyl (C=O) groups is 4. The molecule has 17 nitrogen and oxygen atoms in total. The van der Waals surface area contributed by atoms with E-state index in [0.717, 1.165) is 114 Å². The van der Waals surface area contributed by atoms with E-state index in [-0.39, 0.29) is 25.7 Å². The first-order valence-corrected chi connectivity index (χ1v) is 47.0. The Morgan fingerprint density at radius 1 is 0.269 bits per heavy atom. The molecule has 618 valence electrons. The smallest absolute Gasteiger partial charge is 0.462 e. The molecule has 0 aromatic rings. The van der Waals surface area contributed by atoms with Crippen molar-refractivity contribution in [2.75, 3.05) is 39.6 Å². The highest BCUT2D eigenvalue weighted by Gasteiger charge is 2.30. The van der Waals surface area contributed by atoms with E-state index >= 15 is 0 Å². The lowest BCUT2D eigenvalue weighted by Crippen LogP contribution is -2.30. The van der Waals surface area contributed by atoms with Crippen LogP contribution in [0.15, 0.2) is 0 Å². The summed E-state index contributed by atoms with van der Waals surface area (Å²) < 4.78 is 68.9. The number of unbranched alkanes of at least 4 members (excludes halogenated alkanes) is 48. The molecule has 0 aliphatic carbocycles. The van der Waals surface area contributed by atoms with Crippen molar-refractivity contribution < 1.29 is 80.2 Å². The number of phosphoric acid groups is 2. The number of rotatable bonds is 83. The van der Waals surface area contributed by atoms with Gasteiger partial charge in [-0.1, -0.05) is 395 Å². The van der Waals surface area contributed by atoms with Crippen molar-refractivity contribution in [3.05, 3.63) is 0 Å². The van der Waals surface area contributed by atoms with E-state index in [1.165, 1.54) is 250 Å². The zero-order valence-electron chi connectivity index (χ0n) is 68.5. The van der Waals surface area contributed by atoms with Crippen LogP contribution in [0.4, 0.5) is 0 Å². The molecule has 0 radical (unpaired) electrons. The number of hydrogen-bond acceptors (Lipinski definition) is 15. The van der Waals surface area contributed by atoms with Gasteiger partial charge in [-0.05, 0) is 43.4 Å². The highest BCUT2D eigenvalue weighted by atomic mass is 31.2. The Morgan fingerprint density at radius 2 is 0.462 bits per heavy atom. The molecular formula is C85H166O17P2. The second-order valence-electron chi connectivity index (χ2n) is 31.3. The molecule has 0 aliphatic heterocycles. The minimum Gasteiger partial charge on any atom is -0.462 e. The first kappa shape index (κ1) is 102. The average Bonchev–Trinajstić information content (AvgIpc) is 0.904.